The molecule has 0 fully saturated rings. The van der Waals surface area contributed by atoms with Gasteiger partial charge in [0.05, 0.1) is 55.5 Å². The lowest BCUT2D eigenvalue weighted by Gasteiger charge is -2.14. The average molecular weight is 1400 g/mol. The third-order valence-electron chi connectivity index (χ3n) is 24.1. The first-order chi connectivity index (χ1) is 54.6. The maximum atomic E-state index is 6.52. The Morgan fingerprint density at radius 1 is 0.155 bits per heavy atom. The lowest BCUT2D eigenvalue weighted by atomic mass is 10.0. The van der Waals surface area contributed by atoms with E-state index in [1.165, 1.54) is 181 Å². The lowest BCUT2D eigenvalue weighted by Crippen LogP contribution is -1.97. The molecule has 0 spiro atoms. The Labute approximate surface area is 629 Å². The minimum absolute atomic E-state index is 0.906. The molecule has 110 heavy (non-hydrogen) atoms. The number of hydrogen-bond acceptors (Lipinski definition) is 2. The number of nitrogens with zero attached hydrogens (tertiary/aromatic N) is 4. The van der Waals surface area contributed by atoms with Gasteiger partial charge in [0.1, 0.15) is 22.3 Å². The van der Waals surface area contributed by atoms with E-state index in [2.05, 4.69) is 382 Å². The Hall–Kier alpha value is -14.7. The van der Waals surface area contributed by atoms with Crippen LogP contribution in [-0.4, -0.2) is 18.3 Å². The number of furan rings is 2. The van der Waals surface area contributed by atoms with Crippen molar-refractivity contribution in [3.05, 3.63) is 364 Å². The molecule has 18 aromatic carbocycles. The summed E-state index contributed by atoms with van der Waals surface area (Å²) in [6, 6.07) is 133. The second-order valence-electron chi connectivity index (χ2n) is 29.6. The molecule has 0 unspecified atom stereocenters. The number of hydrogen-bond donors (Lipinski definition) is 0. The van der Waals surface area contributed by atoms with Gasteiger partial charge in [-0.25, -0.2) is 0 Å². The van der Waals surface area contributed by atoms with E-state index in [1.807, 2.05) is 0 Å². The molecule has 26 rings (SSSR count). The van der Waals surface area contributed by atoms with E-state index in [-0.39, 0.29) is 0 Å². The van der Waals surface area contributed by atoms with Gasteiger partial charge in [0.25, 0.3) is 0 Å². The monoisotopic (exact) mass is 1400 g/mol. The van der Waals surface area contributed by atoms with Gasteiger partial charge in [-0.15, -0.1) is 0 Å². The zero-order valence-electron chi connectivity index (χ0n) is 59.2. The lowest BCUT2D eigenvalue weighted by molar-refractivity contribution is 0.669. The van der Waals surface area contributed by atoms with Crippen LogP contribution in [-0.2, 0) is 0 Å². The Morgan fingerprint density at radius 2 is 0.500 bits per heavy atom. The Morgan fingerprint density at radius 3 is 1.00 bits per heavy atom. The highest BCUT2D eigenvalue weighted by molar-refractivity contribution is 6.36. The molecule has 0 saturated carbocycles. The summed E-state index contributed by atoms with van der Waals surface area (Å²) in [5.41, 5.74) is 33.0. The molecule has 6 nitrogen and oxygen atoms in total. The van der Waals surface area contributed by atoms with Crippen molar-refractivity contribution < 1.29 is 8.83 Å². The molecule has 508 valence electrons. The van der Waals surface area contributed by atoms with Gasteiger partial charge in [-0.1, -0.05) is 267 Å². The molecule has 2 aliphatic carbocycles. The van der Waals surface area contributed by atoms with Crippen molar-refractivity contribution in [2.45, 2.75) is 0 Å². The van der Waals surface area contributed by atoms with Gasteiger partial charge in [0.15, 0.2) is 0 Å². The maximum Gasteiger partial charge on any atom is 0.136 e. The predicted octanol–water partition coefficient (Wildman–Crippen LogP) is 28.5. The van der Waals surface area contributed by atoms with E-state index in [4.69, 9.17) is 8.83 Å². The van der Waals surface area contributed by atoms with Crippen LogP contribution >= 0.6 is 0 Å². The molecule has 6 heteroatoms. The Bertz CT molecular complexity index is 8060. The summed E-state index contributed by atoms with van der Waals surface area (Å²) in [7, 11) is 0. The normalized spacial score (nSPS) is 12.4. The zero-order chi connectivity index (χ0) is 71.6. The minimum atomic E-state index is 0.906. The van der Waals surface area contributed by atoms with Crippen LogP contribution in [0.4, 0.5) is 0 Å². The van der Waals surface area contributed by atoms with E-state index in [0.29, 0.717) is 0 Å². The molecule has 0 bridgehead atoms. The fourth-order valence-electron chi connectivity index (χ4n) is 19.6. The van der Waals surface area contributed by atoms with Crippen LogP contribution in [0.25, 0.3) is 242 Å². The predicted molar refractivity (Wildman–Crippen MR) is 460 cm³/mol. The molecular weight excluding hydrogens is 1340 g/mol. The number of para-hydroxylation sites is 4. The summed E-state index contributed by atoms with van der Waals surface area (Å²) in [5.74, 6) is 0. The van der Waals surface area contributed by atoms with Gasteiger partial charge in [-0.3, -0.25) is 0 Å². The molecule has 0 amide bonds. The summed E-state index contributed by atoms with van der Waals surface area (Å²) < 4.78 is 23.0. The molecule has 0 saturated heterocycles. The van der Waals surface area contributed by atoms with Crippen molar-refractivity contribution in [3.8, 4) is 89.5 Å². The van der Waals surface area contributed by atoms with Crippen molar-refractivity contribution >= 4 is 153 Å². The van der Waals surface area contributed by atoms with E-state index >= 15 is 0 Å². The molecule has 6 heterocycles. The van der Waals surface area contributed by atoms with Crippen molar-refractivity contribution in [1.29, 1.82) is 0 Å². The molecular formula is C104H60N4O2. The Balaban J connectivity index is 0.000000126. The summed E-state index contributed by atoms with van der Waals surface area (Å²) >= 11 is 0. The third-order valence-corrected chi connectivity index (χ3v) is 24.1. The summed E-state index contributed by atoms with van der Waals surface area (Å²) in [4.78, 5) is 0. The fourth-order valence-corrected chi connectivity index (χ4v) is 19.6. The Kier molecular flexibility index (Phi) is 12.1. The first kappa shape index (κ1) is 59.5. The topological polar surface area (TPSA) is 46.0 Å². The van der Waals surface area contributed by atoms with E-state index in [0.717, 1.165) is 60.8 Å². The zero-order valence-corrected chi connectivity index (χ0v) is 59.2. The summed E-state index contributed by atoms with van der Waals surface area (Å²) in [5, 5.41) is 19.6. The van der Waals surface area contributed by atoms with Gasteiger partial charge in [-0.05, 0) is 175 Å². The molecule has 0 N–H and O–H groups in total. The number of rotatable bonds is 6. The first-order valence-corrected chi connectivity index (χ1v) is 37.9. The van der Waals surface area contributed by atoms with E-state index < -0.39 is 0 Å². The maximum absolute atomic E-state index is 6.52. The van der Waals surface area contributed by atoms with Crippen LogP contribution in [0, 0.1) is 0 Å². The molecule has 6 aromatic heterocycles. The number of benzene rings is 18. The molecule has 0 atom stereocenters. The van der Waals surface area contributed by atoms with Crippen LogP contribution in [0.3, 0.4) is 0 Å². The van der Waals surface area contributed by atoms with Gasteiger partial charge in [0, 0.05) is 86.8 Å². The van der Waals surface area contributed by atoms with Gasteiger partial charge < -0.3 is 27.1 Å². The molecule has 2 aliphatic rings. The molecule has 0 radical (unpaired) electrons. The largest absolute Gasteiger partial charge is 0.456 e. The quantitative estimate of drug-likeness (QED) is 0.167. The van der Waals surface area contributed by atoms with Crippen molar-refractivity contribution in [2.24, 2.45) is 0 Å². The third kappa shape index (κ3) is 8.09. The minimum Gasteiger partial charge on any atom is -0.456 e. The number of aromatic nitrogens is 4. The van der Waals surface area contributed by atoms with Crippen LogP contribution in [0.5, 0.6) is 0 Å². The second kappa shape index (κ2) is 22.4. The summed E-state index contributed by atoms with van der Waals surface area (Å²) in [6.07, 6.45) is 0. The van der Waals surface area contributed by atoms with Crippen molar-refractivity contribution in [1.82, 2.24) is 18.3 Å². The van der Waals surface area contributed by atoms with Gasteiger partial charge >= 0.3 is 0 Å². The van der Waals surface area contributed by atoms with Crippen LogP contribution < -0.4 is 0 Å². The highest BCUT2D eigenvalue weighted by Gasteiger charge is 2.31. The van der Waals surface area contributed by atoms with Crippen molar-refractivity contribution in [2.75, 3.05) is 0 Å². The highest BCUT2D eigenvalue weighted by atomic mass is 16.3. The average Bonchev–Trinajstić information content (AvgIpc) is 1.53. The smallest absolute Gasteiger partial charge is 0.136 e. The molecule has 24 aromatic rings. The summed E-state index contributed by atoms with van der Waals surface area (Å²) in [6.45, 7) is 0. The van der Waals surface area contributed by atoms with Crippen LogP contribution in [0.15, 0.2) is 373 Å². The van der Waals surface area contributed by atoms with E-state index in [1.54, 1.807) is 0 Å². The molecule has 0 aliphatic heterocycles. The van der Waals surface area contributed by atoms with E-state index in [9.17, 15) is 0 Å². The van der Waals surface area contributed by atoms with Crippen LogP contribution in [0.2, 0.25) is 0 Å². The standard InChI is InChI=1S/2C52H30N2O/c1-2-11-31(12-3-1)32-21-23-33(24-22-32)53-44-29-30-47-51(40-16-7-9-20-46(40)55-47)49(44)41-26-28-45-50(52(41)53)39-15-6-8-19-42(39)54(45)43-27-25-37-35-14-5-4-13-34(35)36-17-10-18-38(43)48(36)37;1-2-11-31(12-3-1)32-21-23-33(24-22-32)53-42-19-8-6-15-39(42)50-45(53)28-26-41-49-44(29-30-47-51(49)40-16-7-9-20-46(40)55-47)54(52(41)50)43-27-25-37-35-14-5-4-13-34(35)36-17-10-18-38(43)48(36)37/h2*1-30H. The highest BCUT2D eigenvalue weighted by Crippen LogP contribution is 2.54. The number of fused-ring (bicyclic) bond motifs is 28. The van der Waals surface area contributed by atoms with Crippen molar-refractivity contribution in [3.63, 3.8) is 0 Å². The van der Waals surface area contributed by atoms with Crippen LogP contribution in [0.1, 0.15) is 0 Å². The van der Waals surface area contributed by atoms with Gasteiger partial charge in [0.2, 0.25) is 0 Å². The fraction of sp³-hybridized carbons (Fsp3) is 0. The SMILES string of the molecule is c1ccc(-c2ccc(-n3c4ccc5oc6ccccc6c5c4c4ccc5c(c6ccccc6n5-c5ccc6c7c(cccc57)-c5ccccc5-6)c43)cc2)cc1.c1ccc(-c2ccc(-n3c4ccccc4c4c3ccc3c5c6c(ccc5n(-c5ccc7c8c(cccc58)-c5ccccc5-7)c34)oc3ccccc36)cc2)cc1. The van der Waals surface area contributed by atoms with Gasteiger partial charge in [-0.2, -0.15) is 0 Å². The second-order valence-corrected chi connectivity index (χ2v) is 29.6. The first-order valence-electron chi connectivity index (χ1n) is 37.9.